The highest BCUT2D eigenvalue weighted by atomic mass is 32.2. The quantitative estimate of drug-likeness (QED) is 0.249. The molecule has 0 spiro atoms. The molecule has 0 aliphatic carbocycles. The number of aromatic nitrogens is 1. The number of thiophene rings is 1. The topological polar surface area (TPSA) is 117 Å². The van der Waals surface area contributed by atoms with E-state index in [1.54, 1.807) is 18.0 Å². The van der Waals surface area contributed by atoms with Crippen LogP contribution in [-0.2, 0) is 14.3 Å². The molecule has 0 fully saturated rings. The van der Waals surface area contributed by atoms with Crippen LogP contribution in [0.2, 0.25) is 0 Å². The molecule has 0 aliphatic heterocycles. The summed E-state index contributed by atoms with van der Waals surface area (Å²) < 4.78 is 5.62. The fraction of sp³-hybridized carbons (Fsp3) is 0.368. The Morgan fingerprint density at radius 1 is 1.14 bits per heavy atom. The van der Waals surface area contributed by atoms with Crippen LogP contribution in [0.4, 0.5) is 0 Å². The van der Waals surface area contributed by atoms with Crippen molar-refractivity contribution in [2.45, 2.75) is 11.4 Å². The van der Waals surface area contributed by atoms with Gasteiger partial charge in [-0.2, -0.15) is 0 Å². The first-order valence-electron chi connectivity index (χ1n) is 8.67. The summed E-state index contributed by atoms with van der Waals surface area (Å²) in [6.07, 6.45) is 2.76. The van der Waals surface area contributed by atoms with Crippen LogP contribution in [0.15, 0.2) is 40.9 Å². The fourth-order valence-electron chi connectivity index (χ4n) is 2.00. The number of rotatable bonds is 10. The Balaban J connectivity index is 0.000000612. The van der Waals surface area contributed by atoms with Crippen molar-refractivity contribution in [1.82, 2.24) is 9.88 Å². The maximum Gasteiger partial charge on any atom is 0.414 e. The summed E-state index contributed by atoms with van der Waals surface area (Å²) in [4.78, 5) is 37.9. The van der Waals surface area contributed by atoms with Crippen LogP contribution in [0.1, 0.15) is 21.7 Å². The van der Waals surface area contributed by atoms with E-state index in [1.807, 2.05) is 29.6 Å². The molecule has 10 heteroatoms. The molecule has 158 valence electrons. The smallest absolute Gasteiger partial charge is 0.414 e. The van der Waals surface area contributed by atoms with E-state index in [0.717, 1.165) is 35.2 Å². The molecule has 2 heterocycles. The molecule has 0 bridgehead atoms. The number of carbonyl (C=O) groups excluding carboxylic acids is 1. The highest BCUT2D eigenvalue weighted by molar-refractivity contribution is 7.99. The van der Waals surface area contributed by atoms with E-state index in [0.29, 0.717) is 12.2 Å². The van der Waals surface area contributed by atoms with Gasteiger partial charge in [-0.1, -0.05) is 6.07 Å². The molecule has 2 aromatic heterocycles. The van der Waals surface area contributed by atoms with Gasteiger partial charge in [-0.3, -0.25) is 4.79 Å². The Morgan fingerprint density at radius 2 is 1.86 bits per heavy atom. The van der Waals surface area contributed by atoms with Gasteiger partial charge in [-0.15, -0.1) is 23.1 Å². The van der Waals surface area contributed by atoms with Gasteiger partial charge in [0.1, 0.15) is 5.03 Å². The molecule has 2 rings (SSSR count). The lowest BCUT2D eigenvalue weighted by Gasteiger charge is -2.09. The SMILES string of the molecule is CN(C)CCCOCCSc1ncccc1C(=O)c1cccs1.O=C(O)C(=O)O. The van der Waals surface area contributed by atoms with E-state index in [9.17, 15) is 4.79 Å². The van der Waals surface area contributed by atoms with E-state index in [-0.39, 0.29) is 5.78 Å². The van der Waals surface area contributed by atoms with Crippen LogP contribution in [0.3, 0.4) is 0 Å². The lowest BCUT2D eigenvalue weighted by molar-refractivity contribution is -0.159. The zero-order valence-corrected chi connectivity index (χ0v) is 17.9. The number of hydrogen-bond donors (Lipinski definition) is 2. The van der Waals surface area contributed by atoms with Crippen molar-refractivity contribution in [2.75, 3.05) is 39.6 Å². The third kappa shape index (κ3) is 10.2. The number of pyridine rings is 1. The number of nitrogens with zero attached hydrogens (tertiary/aromatic N) is 2. The molecule has 0 unspecified atom stereocenters. The highest BCUT2D eigenvalue weighted by Crippen LogP contribution is 2.24. The molecule has 0 aliphatic rings. The van der Waals surface area contributed by atoms with Crippen LogP contribution in [0.5, 0.6) is 0 Å². The third-order valence-electron chi connectivity index (χ3n) is 3.30. The number of ether oxygens (including phenoxy) is 1. The summed E-state index contributed by atoms with van der Waals surface area (Å²) in [6, 6.07) is 7.39. The normalized spacial score (nSPS) is 10.3. The second-order valence-electron chi connectivity index (χ2n) is 5.89. The molecular weight excluding hydrogens is 416 g/mol. The van der Waals surface area contributed by atoms with Gasteiger partial charge in [0.05, 0.1) is 17.0 Å². The summed E-state index contributed by atoms with van der Waals surface area (Å²) in [5.41, 5.74) is 0.674. The Labute approximate surface area is 177 Å². The molecule has 29 heavy (non-hydrogen) atoms. The lowest BCUT2D eigenvalue weighted by atomic mass is 10.1. The first-order valence-corrected chi connectivity index (χ1v) is 10.5. The molecule has 0 saturated heterocycles. The van der Waals surface area contributed by atoms with Gasteiger partial charge in [0.2, 0.25) is 5.78 Å². The van der Waals surface area contributed by atoms with Crippen molar-refractivity contribution < 1.29 is 29.3 Å². The monoisotopic (exact) mass is 440 g/mol. The number of aliphatic carboxylic acids is 2. The zero-order valence-electron chi connectivity index (χ0n) is 16.2. The maximum atomic E-state index is 12.5. The minimum atomic E-state index is -1.82. The minimum Gasteiger partial charge on any atom is -0.473 e. The van der Waals surface area contributed by atoms with E-state index >= 15 is 0 Å². The number of ketones is 1. The van der Waals surface area contributed by atoms with Crippen LogP contribution in [0, 0.1) is 0 Å². The second-order valence-corrected chi connectivity index (χ2v) is 7.92. The van der Waals surface area contributed by atoms with Crippen molar-refractivity contribution in [3.8, 4) is 0 Å². The number of carboxylic acid groups (broad SMARTS) is 2. The van der Waals surface area contributed by atoms with Gasteiger partial charge < -0.3 is 19.8 Å². The number of hydrogen-bond acceptors (Lipinski definition) is 8. The van der Waals surface area contributed by atoms with Crippen LogP contribution >= 0.6 is 23.1 Å². The molecular formula is C19H24N2O6S2. The van der Waals surface area contributed by atoms with E-state index in [2.05, 4.69) is 24.0 Å². The Bertz CT molecular complexity index is 769. The number of thioether (sulfide) groups is 1. The zero-order chi connectivity index (χ0) is 21.6. The summed E-state index contributed by atoms with van der Waals surface area (Å²) in [5.74, 6) is -2.81. The number of carbonyl (C=O) groups is 3. The molecule has 2 N–H and O–H groups in total. The van der Waals surface area contributed by atoms with Crippen LogP contribution in [-0.4, -0.2) is 77.4 Å². The Morgan fingerprint density at radius 3 is 2.45 bits per heavy atom. The summed E-state index contributed by atoms with van der Waals surface area (Å²) in [6.45, 7) is 2.47. The van der Waals surface area contributed by atoms with E-state index < -0.39 is 11.9 Å². The van der Waals surface area contributed by atoms with Crippen LogP contribution in [0.25, 0.3) is 0 Å². The van der Waals surface area contributed by atoms with Gasteiger partial charge in [-0.25, -0.2) is 14.6 Å². The molecule has 8 nitrogen and oxygen atoms in total. The van der Waals surface area contributed by atoms with Gasteiger partial charge in [0.15, 0.2) is 0 Å². The van der Waals surface area contributed by atoms with Crippen molar-refractivity contribution in [1.29, 1.82) is 0 Å². The Kier molecular flexibility index (Phi) is 11.8. The third-order valence-corrected chi connectivity index (χ3v) is 5.14. The van der Waals surface area contributed by atoms with Gasteiger partial charge in [0, 0.05) is 18.6 Å². The summed E-state index contributed by atoms with van der Waals surface area (Å²) in [5, 5.41) is 17.5. The van der Waals surface area contributed by atoms with Gasteiger partial charge >= 0.3 is 11.9 Å². The summed E-state index contributed by atoms with van der Waals surface area (Å²) >= 11 is 3.03. The van der Waals surface area contributed by atoms with E-state index in [4.69, 9.17) is 24.5 Å². The largest absolute Gasteiger partial charge is 0.473 e. The van der Waals surface area contributed by atoms with Crippen molar-refractivity contribution in [3.63, 3.8) is 0 Å². The molecule has 0 amide bonds. The standard InChI is InChI=1S/C17H22N2O2S2.C2H2O4/c1-19(2)9-5-10-21-11-13-23-17-14(6-3-8-18-17)16(20)15-7-4-12-22-15;3-1(4)2(5)6/h3-4,6-8,12H,5,9-11,13H2,1-2H3;(H,3,4)(H,5,6). The van der Waals surface area contributed by atoms with Gasteiger partial charge in [0.25, 0.3) is 0 Å². The van der Waals surface area contributed by atoms with Crippen molar-refractivity contribution in [3.05, 3.63) is 46.3 Å². The maximum absolute atomic E-state index is 12.5. The predicted octanol–water partition coefficient (Wildman–Crippen LogP) is 2.59. The van der Waals surface area contributed by atoms with Crippen molar-refractivity contribution in [2.24, 2.45) is 0 Å². The predicted molar refractivity (Wildman–Crippen MR) is 112 cm³/mol. The fourth-order valence-corrected chi connectivity index (χ4v) is 3.53. The first-order chi connectivity index (χ1) is 13.8. The second kappa shape index (κ2) is 13.8. The van der Waals surface area contributed by atoms with Crippen molar-refractivity contribution >= 4 is 40.8 Å². The average molecular weight is 441 g/mol. The van der Waals surface area contributed by atoms with Crippen LogP contribution < -0.4 is 0 Å². The minimum absolute atomic E-state index is 0.0440. The van der Waals surface area contributed by atoms with E-state index in [1.165, 1.54) is 11.3 Å². The Hall–Kier alpha value is -2.27. The lowest BCUT2D eigenvalue weighted by Crippen LogP contribution is -2.15. The number of carboxylic acids is 2. The highest BCUT2D eigenvalue weighted by Gasteiger charge is 2.15. The first kappa shape index (κ1) is 24.8. The molecule has 2 aromatic rings. The summed E-state index contributed by atoms with van der Waals surface area (Å²) in [7, 11) is 4.12. The molecule has 0 atom stereocenters. The molecule has 0 saturated carbocycles. The van der Waals surface area contributed by atoms with Gasteiger partial charge in [-0.05, 0) is 50.6 Å². The molecule has 0 aromatic carbocycles. The average Bonchev–Trinajstić information content (AvgIpc) is 3.22. The molecule has 0 radical (unpaired) electrons.